The molecule has 0 spiro atoms. The van der Waals surface area contributed by atoms with Crippen molar-refractivity contribution in [3.63, 3.8) is 0 Å². The van der Waals surface area contributed by atoms with Gasteiger partial charge in [0, 0.05) is 39.3 Å². The molecule has 3 amide bonds. The lowest BCUT2D eigenvalue weighted by molar-refractivity contribution is -0.135. The summed E-state index contributed by atoms with van der Waals surface area (Å²) in [5.74, 6) is -0.106. The molecule has 7 heteroatoms. The number of piperazine rings is 1. The fraction of sp³-hybridized carbons (Fsp3) is 0.450. The maximum absolute atomic E-state index is 12.9. The summed E-state index contributed by atoms with van der Waals surface area (Å²) in [6, 6.07) is 7.51. The molecule has 1 aromatic carbocycles. The Kier molecular flexibility index (Phi) is 5.78. The second-order valence-electron chi connectivity index (χ2n) is 6.66. The Bertz CT molecular complexity index is 753. The fourth-order valence-corrected chi connectivity index (χ4v) is 3.56. The lowest BCUT2D eigenvalue weighted by atomic mass is 9.93. The van der Waals surface area contributed by atoms with Crippen molar-refractivity contribution < 1.29 is 19.1 Å². The highest BCUT2D eigenvalue weighted by molar-refractivity contribution is 5.82. The van der Waals surface area contributed by atoms with Gasteiger partial charge >= 0.3 is 6.09 Å². The zero-order chi connectivity index (χ0) is 19.4. The van der Waals surface area contributed by atoms with Crippen LogP contribution in [0.2, 0.25) is 0 Å². The van der Waals surface area contributed by atoms with E-state index in [2.05, 4.69) is 0 Å². The van der Waals surface area contributed by atoms with E-state index in [9.17, 15) is 14.4 Å². The monoisotopic (exact) mass is 371 g/mol. The van der Waals surface area contributed by atoms with Gasteiger partial charge in [-0.25, -0.2) is 4.79 Å². The van der Waals surface area contributed by atoms with Crippen LogP contribution < -0.4 is 0 Å². The molecule has 1 saturated heterocycles. The van der Waals surface area contributed by atoms with Gasteiger partial charge in [0.15, 0.2) is 0 Å². The number of nitrogens with zero attached hydrogens (tertiary/aromatic N) is 3. The predicted octanol–water partition coefficient (Wildman–Crippen LogP) is 2.25. The van der Waals surface area contributed by atoms with Crippen LogP contribution in [0.1, 0.15) is 37.4 Å². The molecule has 0 aromatic heterocycles. The van der Waals surface area contributed by atoms with Crippen LogP contribution in [0.15, 0.2) is 30.5 Å². The Morgan fingerprint density at radius 2 is 1.74 bits per heavy atom. The highest BCUT2D eigenvalue weighted by Crippen LogP contribution is 2.33. The quantitative estimate of drug-likeness (QED) is 0.817. The highest BCUT2D eigenvalue weighted by atomic mass is 16.6. The predicted molar refractivity (Wildman–Crippen MR) is 101 cm³/mol. The smallest absolute Gasteiger partial charge is 0.409 e. The Labute approximate surface area is 159 Å². The molecule has 0 unspecified atom stereocenters. The van der Waals surface area contributed by atoms with Crippen molar-refractivity contribution in [2.24, 2.45) is 0 Å². The summed E-state index contributed by atoms with van der Waals surface area (Å²) in [5.41, 5.74) is 2.01. The van der Waals surface area contributed by atoms with Gasteiger partial charge < -0.3 is 19.4 Å². The molecule has 2 aliphatic rings. The summed E-state index contributed by atoms with van der Waals surface area (Å²) < 4.78 is 5.01. The van der Waals surface area contributed by atoms with Gasteiger partial charge in [-0.05, 0) is 24.1 Å². The van der Waals surface area contributed by atoms with Gasteiger partial charge in [-0.2, -0.15) is 0 Å². The Morgan fingerprint density at radius 3 is 2.41 bits per heavy atom. The molecule has 1 aromatic rings. The molecule has 3 rings (SSSR count). The summed E-state index contributed by atoms with van der Waals surface area (Å²) in [6.45, 7) is 5.49. The number of hydrogen-bond donors (Lipinski definition) is 0. The second kappa shape index (κ2) is 8.24. The van der Waals surface area contributed by atoms with E-state index >= 15 is 0 Å². The molecular weight excluding hydrogens is 346 g/mol. The van der Waals surface area contributed by atoms with Crippen molar-refractivity contribution in [2.45, 2.75) is 26.3 Å². The van der Waals surface area contributed by atoms with E-state index in [1.165, 1.54) is 6.92 Å². The summed E-state index contributed by atoms with van der Waals surface area (Å²) in [6.07, 6.45) is 3.54. The molecule has 1 atom stereocenters. The van der Waals surface area contributed by atoms with Crippen LogP contribution in [0.25, 0.3) is 6.08 Å². The third-order valence-corrected chi connectivity index (χ3v) is 5.00. The van der Waals surface area contributed by atoms with Gasteiger partial charge in [-0.1, -0.05) is 24.3 Å². The zero-order valence-corrected chi connectivity index (χ0v) is 15.8. The van der Waals surface area contributed by atoms with Crippen LogP contribution >= 0.6 is 0 Å². The van der Waals surface area contributed by atoms with Gasteiger partial charge in [-0.3, -0.25) is 9.59 Å². The first-order chi connectivity index (χ1) is 13.0. The molecular formula is C20H25N3O4. The summed E-state index contributed by atoms with van der Waals surface area (Å²) in [4.78, 5) is 41.7. The first-order valence-electron chi connectivity index (χ1n) is 9.26. The second-order valence-corrected chi connectivity index (χ2v) is 6.66. The van der Waals surface area contributed by atoms with Crippen LogP contribution in [0.4, 0.5) is 4.79 Å². The molecule has 0 radical (unpaired) electrons. The van der Waals surface area contributed by atoms with Crippen LogP contribution in [-0.4, -0.2) is 65.4 Å². The first-order valence-corrected chi connectivity index (χ1v) is 9.26. The number of carbonyl (C=O) groups is 3. The number of benzene rings is 1. The molecule has 0 saturated carbocycles. The standard InChI is InChI=1S/C20H25N3O4/c1-3-27-20(26)22-12-10-21(11-13-22)19(25)14-18-17-7-5-4-6-16(17)8-9-23(18)15(2)24/h4-9,18H,3,10-14H2,1-2H3/t18-/m1/s1. The minimum Gasteiger partial charge on any atom is -0.450 e. The minimum absolute atomic E-state index is 0.0140. The normalized spacial score (nSPS) is 18.9. The Balaban J connectivity index is 1.67. The average molecular weight is 371 g/mol. The number of fused-ring (bicyclic) bond motifs is 1. The van der Waals surface area contributed by atoms with Crippen LogP contribution in [-0.2, 0) is 14.3 Å². The van der Waals surface area contributed by atoms with Gasteiger partial charge in [0.05, 0.1) is 19.1 Å². The molecule has 2 heterocycles. The first kappa shape index (κ1) is 18.9. The molecule has 7 nitrogen and oxygen atoms in total. The van der Waals surface area contributed by atoms with Gasteiger partial charge in [-0.15, -0.1) is 0 Å². The topological polar surface area (TPSA) is 70.2 Å². The van der Waals surface area contributed by atoms with Crippen molar-refractivity contribution in [1.82, 2.24) is 14.7 Å². The van der Waals surface area contributed by atoms with Gasteiger partial charge in [0.25, 0.3) is 0 Å². The van der Waals surface area contributed by atoms with Crippen LogP contribution in [0, 0.1) is 0 Å². The molecule has 0 aliphatic carbocycles. The Hall–Kier alpha value is -2.83. The Morgan fingerprint density at radius 1 is 1.07 bits per heavy atom. The largest absolute Gasteiger partial charge is 0.450 e. The minimum atomic E-state index is -0.335. The van der Waals surface area contributed by atoms with Gasteiger partial charge in [0.2, 0.25) is 11.8 Å². The average Bonchev–Trinajstić information content (AvgIpc) is 2.68. The van der Waals surface area contributed by atoms with E-state index in [4.69, 9.17) is 4.74 Å². The van der Waals surface area contributed by atoms with Crippen LogP contribution in [0.5, 0.6) is 0 Å². The van der Waals surface area contributed by atoms with Crippen molar-refractivity contribution in [3.8, 4) is 0 Å². The summed E-state index contributed by atoms with van der Waals surface area (Å²) >= 11 is 0. The fourth-order valence-electron chi connectivity index (χ4n) is 3.56. The van der Waals surface area contributed by atoms with E-state index in [0.717, 1.165) is 11.1 Å². The summed E-state index contributed by atoms with van der Waals surface area (Å²) in [5, 5.41) is 0. The third-order valence-electron chi connectivity index (χ3n) is 5.00. The van der Waals surface area contributed by atoms with E-state index in [1.807, 2.05) is 30.3 Å². The molecule has 0 bridgehead atoms. The molecule has 2 aliphatic heterocycles. The number of hydrogen-bond acceptors (Lipinski definition) is 4. The van der Waals surface area contributed by atoms with Gasteiger partial charge in [0.1, 0.15) is 0 Å². The van der Waals surface area contributed by atoms with Crippen molar-refractivity contribution >= 4 is 24.0 Å². The number of rotatable bonds is 3. The third kappa shape index (κ3) is 4.13. The van der Waals surface area contributed by atoms with Crippen molar-refractivity contribution in [1.29, 1.82) is 0 Å². The maximum atomic E-state index is 12.9. The summed E-state index contributed by atoms with van der Waals surface area (Å²) in [7, 11) is 0. The highest BCUT2D eigenvalue weighted by Gasteiger charge is 2.31. The number of ether oxygens (including phenoxy) is 1. The molecule has 144 valence electrons. The SMILES string of the molecule is CCOC(=O)N1CCN(C(=O)C[C@@H]2c3ccccc3C=CN2C(C)=O)CC1. The number of amides is 3. The molecule has 1 fully saturated rings. The van der Waals surface area contributed by atoms with E-state index in [1.54, 1.807) is 27.8 Å². The maximum Gasteiger partial charge on any atom is 0.409 e. The van der Waals surface area contributed by atoms with E-state index in [0.29, 0.717) is 32.8 Å². The molecule has 27 heavy (non-hydrogen) atoms. The molecule has 0 N–H and O–H groups in total. The van der Waals surface area contributed by atoms with Crippen molar-refractivity contribution in [2.75, 3.05) is 32.8 Å². The lowest BCUT2D eigenvalue weighted by Gasteiger charge is -2.37. The number of carbonyl (C=O) groups excluding carboxylic acids is 3. The van der Waals surface area contributed by atoms with Crippen LogP contribution in [0.3, 0.4) is 0 Å². The van der Waals surface area contributed by atoms with E-state index in [-0.39, 0.29) is 30.4 Å². The zero-order valence-electron chi connectivity index (χ0n) is 15.8. The van der Waals surface area contributed by atoms with Crippen molar-refractivity contribution in [3.05, 3.63) is 41.6 Å². The van der Waals surface area contributed by atoms with E-state index < -0.39 is 0 Å². The lowest BCUT2D eigenvalue weighted by Crippen LogP contribution is -2.51.